The second kappa shape index (κ2) is 6.15. The maximum Gasteiger partial charge on any atom is 0.165 e. The molecule has 2 N–H and O–H groups in total. The lowest BCUT2D eigenvalue weighted by molar-refractivity contribution is 0.297. The summed E-state index contributed by atoms with van der Waals surface area (Å²) in [5, 5.41) is 0.298. The van der Waals surface area contributed by atoms with Gasteiger partial charge in [-0.15, -0.1) is 0 Å². The zero-order valence-corrected chi connectivity index (χ0v) is 11.8. The second-order valence-electron chi connectivity index (χ2n) is 4.01. The molecule has 0 fully saturated rings. The van der Waals surface area contributed by atoms with Crippen LogP contribution in [0.1, 0.15) is 11.1 Å². The molecule has 20 heavy (non-hydrogen) atoms. The van der Waals surface area contributed by atoms with Crippen molar-refractivity contribution in [2.24, 2.45) is 5.73 Å². The minimum absolute atomic E-state index is 0.111. The highest BCUT2D eigenvalue weighted by Crippen LogP contribution is 2.26. The van der Waals surface area contributed by atoms with Crippen molar-refractivity contribution < 1.29 is 13.5 Å². The molecule has 2 aromatic rings. The topological polar surface area (TPSA) is 35.2 Å². The van der Waals surface area contributed by atoms with Crippen LogP contribution >= 0.6 is 23.8 Å². The van der Waals surface area contributed by atoms with Gasteiger partial charge in [0.2, 0.25) is 0 Å². The van der Waals surface area contributed by atoms with Gasteiger partial charge in [-0.3, -0.25) is 0 Å². The molecule has 0 radical (unpaired) electrons. The Bertz CT molecular complexity index is 664. The van der Waals surface area contributed by atoms with Crippen molar-refractivity contribution in [3.05, 3.63) is 64.2 Å². The summed E-state index contributed by atoms with van der Waals surface area (Å²) < 4.78 is 31.9. The van der Waals surface area contributed by atoms with Gasteiger partial charge in [0.05, 0.1) is 5.02 Å². The summed E-state index contributed by atoms with van der Waals surface area (Å²) in [6.45, 7) is -0.129. The fourth-order valence-electron chi connectivity index (χ4n) is 1.59. The molecule has 0 amide bonds. The zero-order valence-electron chi connectivity index (χ0n) is 10.2. The summed E-state index contributed by atoms with van der Waals surface area (Å²) in [7, 11) is 0. The lowest BCUT2D eigenvalue weighted by Gasteiger charge is -2.10. The molecule has 0 bridgehead atoms. The molecule has 2 nitrogen and oxygen atoms in total. The number of benzene rings is 2. The van der Waals surface area contributed by atoms with E-state index < -0.39 is 11.6 Å². The minimum atomic E-state index is -0.927. The Balaban J connectivity index is 2.15. The molecule has 0 aliphatic rings. The smallest absolute Gasteiger partial charge is 0.165 e. The third kappa shape index (κ3) is 3.23. The van der Waals surface area contributed by atoms with E-state index in [4.69, 9.17) is 34.3 Å². The third-order valence-electron chi connectivity index (χ3n) is 2.63. The Hall–Kier alpha value is -1.72. The molecular formula is C14H10ClF2NOS. The van der Waals surface area contributed by atoms with Crippen LogP contribution in [0.5, 0.6) is 5.75 Å². The molecule has 0 saturated carbocycles. The summed E-state index contributed by atoms with van der Waals surface area (Å²) in [4.78, 5) is 0.217. The van der Waals surface area contributed by atoms with Crippen molar-refractivity contribution in [2.75, 3.05) is 0 Å². The van der Waals surface area contributed by atoms with Crippen molar-refractivity contribution in [1.29, 1.82) is 0 Å². The van der Waals surface area contributed by atoms with E-state index >= 15 is 0 Å². The predicted octanol–water partition coefficient (Wildman–Crippen LogP) is 3.83. The van der Waals surface area contributed by atoms with E-state index in [-0.39, 0.29) is 17.2 Å². The molecule has 6 heteroatoms. The van der Waals surface area contributed by atoms with E-state index in [9.17, 15) is 8.78 Å². The maximum absolute atomic E-state index is 13.5. The van der Waals surface area contributed by atoms with E-state index in [2.05, 4.69) is 0 Å². The van der Waals surface area contributed by atoms with Crippen LogP contribution in [0.4, 0.5) is 8.78 Å². The Kier molecular flexibility index (Phi) is 4.52. The lowest BCUT2D eigenvalue weighted by Crippen LogP contribution is -2.09. The average molecular weight is 314 g/mol. The van der Waals surface area contributed by atoms with Gasteiger partial charge in [-0.05, 0) is 24.3 Å². The summed E-state index contributed by atoms with van der Waals surface area (Å²) in [6, 6.07) is 8.67. The van der Waals surface area contributed by atoms with Gasteiger partial charge in [0.25, 0.3) is 0 Å². The van der Waals surface area contributed by atoms with Crippen molar-refractivity contribution in [2.45, 2.75) is 6.61 Å². The second-order valence-corrected chi connectivity index (χ2v) is 4.86. The fraction of sp³-hybridized carbons (Fsp3) is 0.0714. The van der Waals surface area contributed by atoms with Crippen LogP contribution in [-0.2, 0) is 6.61 Å². The minimum Gasteiger partial charge on any atom is -0.487 e. The molecule has 0 saturated heterocycles. The largest absolute Gasteiger partial charge is 0.487 e. The lowest BCUT2D eigenvalue weighted by atomic mass is 10.2. The molecule has 0 unspecified atom stereocenters. The highest BCUT2D eigenvalue weighted by molar-refractivity contribution is 7.80. The van der Waals surface area contributed by atoms with E-state index in [1.165, 1.54) is 12.1 Å². The number of hydrogen-bond donors (Lipinski definition) is 1. The van der Waals surface area contributed by atoms with Crippen LogP contribution < -0.4 is 10.5 Å². The molecular weight excluding hydrogens is 304 g/mol. The molecule has 2 aromatic carbocycles. The van der Waals surface area contributed by atoms with Gasteiger partial charge in [0.15, 0.2) is 11.6 Å². The predicted molar refractivity (Wildman–Crippen MR) is 78.0 cm³/mol. The Morgan fingerprint density at radius 3 is 2.65 bits per heavy atom. The van der Waals surface area contributed by atoms with Gasteiger partial charge in [-0.2, -0.15) is 0 Å². The number of hydrogen-bond acceptors (Lipinski definition) is 2. The monoisotopic (exact) mass is 313 g/mol. The van der Waals surface area contributed by atoms with Crippen molar-refractivity contribution in [1.82, 2.24) is 0 Å². The van der Waals surface area contributed by atoms with Crippen molar-refractivity contribution in [3.8, 4) is 5.75 Å². The molecule has 2 rings (SSSR count). The average Bonchev–Trinajstić information content (AvgIpc) is 2.41. The molecule has 0 heterocycles. The molecule has 0 atom stereocenters. The van der Waals surface area contributed by atoms with Crippen molar-refractivity contribution in [3.63, 3.8) is 0 Å². The van der Waals surface area contributed by atoms with Crippen LogP contribution in [0.2, 0.25) is 5.02 Å². The van der Waals surface area contributed by atoms with Gasteiger partial charge in [0, 0.05) is 11.1 Å². The first-order valence-corrected chi connectivity index (χ1v) is 6.42. The Morgan fingerprint density at radius 2 is 2.00 bits per heavy atom. The van der Waals surface area contributed by atoms with Crippen LogP contribution in [0.25, 0.3) is 0 Å². The number of rotatable bonds is 4. The normalized spacial score (nSPS) is 10.3. The van der Waals surface area contributed by atoms with Crippen molar-refractivity contribution >= 4 is 28.8 Å². The number of ether oxygens (including phenoxy) is 1. The fourth-order valence-corrected chi connectivity index (χ4v) is 1.95. The van der Waals surface area contributed by atoms with Gasteiger partial charge in [0.1, 0.15) is 17.3 Å². The molecule has 0 aliphatic carbocycles. The molecule has 0 aliphatic heterocycles. The van der Waals surface area contributed by atoms with E-state index in [0.717, 1.165) is 6.07 Å². The Morgan fingerprint density at radius 1 is 1.25 bits per heavy atom. The van der Waals surface area contributed by atoms with Crippen LogP contribution in [-0.4, -0.2) is 4.99 Å². The van der Waals surface area contributed by atoms with Gasteiger partial charge in [-0.25, -0.2) is 8.78 Å². The van der Waals surface area contributed by atoms with Crippen LogP contribution in [0.15, 0.2) is 36.4 Å². The summed E-state index contributed by atoms with van der Waals surface area (Å²) >= 11 is 10.8. The quantitative estimate of drug-likeness (QED) is 0.871. The first-order chi connectivity index (χ1) is 9.49. The van der Waals surface area contributed by atoms with E-state index in [1.54, 1.807) is 18.2 Å². The summed E-state index contributed by atoms with van der Waals surface area (Å²) in [5.74, 6) is -1.50. The zero-order chi connectivity index (χ0) is 14.7. The van der Waals surface area contributed by atoms with E-state index in [0.29, 0.717) is 16.3 Å². The highest BCUT2D eigenvalue weighted by atomic mass is 35.5. The standard InChI is InChI=1S/C14H10ClF2NOS/c15-10-6-8(14(18)20)4-5-12(10)19-7-9-2-1-3-11(16)13(9)17/h1-6H,7H2,(H2,18,20). The number of halogens is 3. The number of nitrogens with two attached hydrogens (primary N) is 1. The van der Waals surface area contributed by atoms with E-state index in [1.807, 2.05) is 0 Å². The summed E-state index contributed by atoms with van der Waals surface area (Å²) in [6.07, 6.45) is 0. The molecule has 0 spiro atoms. The molecule has 104 valence electrons. The SMILES string of the molecule is NC(=S)c1ccc(OCc2cccc(F)c2F)c(Cl)c1. The number of thiocarbonyl (C=S) groups is 1. The highest BCUT2D eigenvalue weighted by Gasteiger charge is 2.10. The molecule has 0 aromatic heterocycles. The van der Waals surface area contributed by atoms with Crippen LogP contribution in [0.3, 0.4) is 0 Å². The van der Waals surface area contributed by atoms with Gasteiger partial charge < -0.3 is 10.5 Å². The third-order valence-corrected chi connectivity index (χ3v) is 3.16. The summed E-state index contributed by atoms with van der Waals surface area (Å²) in [5.41, 5.74) is 6.19. The first kappa shape index (κ1) is 14.7. The van der Waals surface area contributed by atoms with Crippen LogP contribution in [0, 0.1) is 11.6 Å². The first-order valence-electron chi connectivity index (χ1n) is 5.64. The van der Waals surface area contributed by atoms with Gasteiger partial charge >= 0.3 is 0 Å². The van der Waals surface area contributed by atoms with Gasteiger partial charge in [-0.1, -0.05) is 36.0 Å². The Labute approximate surface area is 125 Å². The maximum atomic E-state index is 13.5.